The zero-order valence-corrected chi connectivity index (χ0v) is 12.1. The normalized spacial score (nSPS) is 12.6. The summed E-state index contributed by atoms with van der Waals surface area (Å²) in [4.78, 5) is 0. The number of hydrogen-bond donors (Lipinski definition) is 3. The van der Waals surface area contributed by atoms with Gasteiger partial charge < -0.3 is 10.2 Å². The minimum Gasteiger partial charge on any atom is -0.395 e. The predicted octanol–water partition coefficient (Wildman–Crippen LogP) is 2.51. The number of aliphatic hydroxyl groups is 2. The molecule has 2 aromatic carbocycles. The van der Waals surface area contributed by atoms with Gasteiger partial charge in [-0.25, -0.2) is 4.39 Å². The lowest BCUT2D eigenvalue weighted by atomic mass is 9.97. The summed E-state index contributed by atoms with van der Waals surface area (Å²) in [5.74, 6) is -0.342. The zero-order chi connectivity index (χ0) is 15.2. The van der Waals surface area contributed by atoms with Gasteiger partial charge >= 0.3 is 0 Å². The summed E-state index contributed by atoms with van der Waals surface area (Å²) in [6.07, 6.45) is 0. The van der Waals surface area contributed by atoms with Crippen molar-refractivity contribution in [1.29, 1.82) is 0 Å². The molecule has 0 unspecified atom stereocenters. The van der Waals surface area contributed by atoms with E-state index in [0.717, 1.165) is 5.56 Å². The van der Waals surface area contributed by atoms with Crippen LogP contribution in [0.15, 0.2) is 48.5 Å². The third-order valence-corrected chi connectivity index (χ3v) is 3.44. The van der Waals surface area contributed by atoms with E-state index in [1.165, 1.54) is 12.1 Å². The molecular formula is C16H17ClFNO2. The Morgan fingerprint density at radius 3 is 2.19 bits per heavy atom. The molecule has 112 valence electrons. The van der Waals surface area contributed by atoms with Gasteiger partial charge in [0.2, 0.25) is 0 Å². The second-order valence-corrected chi connectivity index (χ2v) is 5.21. The van der Waals surface area contributed by atoms with Crippen LogP contribution < -0.4 is 5.32 Å². The summed E-state index contributed by atoms with van der Waals surface area (Å²) < 4.78 is 13.5. The van der Waals surface area contributed by atoms with E-state index < -0.39 is 6.04 Å². The fraction of sp³-hybridized carbons (Fsp3) is 0.250. The number of rotatable bonds is 6. The average Bonchev–Trinajstić information content (AvgIpc) is 2.48. The van der Waals surface area contributed by atoms with Crippen LogP contribution in [0.3, 0.4) is 0 Å². The van der Waals surface area contributed by atoms with E-state index in [-0.39, 0.29) is 25.1 Å². The highest BCUT2D eigenvalue weighted by molar-refractivity contribution is 6.30. The molecule has 0 heterocycles. The summed E-state index contributed by atoms with van der Waals surface area (Å²) in [5, 5.41) is 22.2. The molecule has 0 radical (unpaired) electrons. The lowest BCUT2D eigenvalue weighted by Gasteiger charge is -2.24. The number of benzene rings is 2. The maximum atomic E-state index is 13.5. The highest BCUT2D eigenvalue weighted by Gasteiger charge is 2.18. The molecule has 5 heteroatoms. The predicted molar refractivity (Wildman–Crippen MR) is 80.8 cm³/mol. The molecule has 3 nitrogen and oxygen atoms in total. The minimum atomic E-state index is -0.503. The Kier molecular flexibility index (Phi) is 5.70. The van der Waals surface area contributed by atoms with Crippen LogP contribution in [-0.4, -0.2) is 29.5 Å². The number of aliphatic hydroxyl groups excluding tert-OH is 2. The molecule has 0 saturated carbocycles. The van der Waals surface area contributed by atoms with Gasteiger partial charge in [0.25, 0.3) is 0 Å². The first kappa shape index (κ1) is 15.9. The fourth-order valence-corrected chi connectivity index (χ4v) is 2.35. The van der Waals surface area contributed by atoms with Gasteiger partial charge in [0.05, 0.1) is 25.3 Å². The van der Waals surface area contributed by atoms with Crippen LogP contribution in [0.1, 0.15) is 17.2 Å². The molecule has 0 aromatic heterocycles. The standard InChI is InChI=1S/C16H17ClFNO2/c17-13-5-1-3-11(7-13)16(19-15(9-20)10-21)12-4-2-6-14(18)8-12/h1-8,15-16,19-21H,9-10H2/t16-/m1/s1. The second-order valence-electron chi connectivity index (χ2n) is 4.77. The maximum Gasteiger partial charge on any atom is 0.123 e. The molecule has 21 heavy (non-hydrogen) atoms. The Hall–Kier alpha value is -1.46. The molecular weight excluding hydrogens is 293 g/mol. The summed E-state index contributed by atoms with van der Waals surface area (Å²) in [6.45, 7) is -0.439. The largest absolute Gasteiger partial charge is 0.395 e. The topological polar surface area (TPSA) is 52.5 Å². The molecule has 0 aliphatic rings. The summed E-state index contributed by atoms with van der Waals surface area (Å²) in [6, 6.07) is 12.5. The van der Waals surface area contributed by atoms with Gasteiger partial charge in [-0.15, -0.1) is 0 Å². The Bertz CT molecular complexity index is 544. The molecule has 0 aliphatic heterocycles. The van der Waals surface area contributed by atoms with Crippen LogP contribution in [0.4, 0.5) is 4.39 Å². The summed E-state index contributed by atoms with van der Waals surface area (Å²) in [7, 11) is 0. The molecule has 0 aliphatic carbocycles. The quantitative estimate of drug-likeness (QED) is 0.768. The van der Waals surface area contributed by atoms with E-state index in [9.17, 15) is 14.6 Å². The van der Waals surface area contributed by atoms with Crippen LogP contribution in [0.2, 0.25) is 5.02 Å². The van der Waals surface area contributed by atoms with Crippen molar-refractivity contribution < 1.29 is 14.6 Å². The fourth-order valence-electron chi connectivity index (χ4n) is 2.16. The van der Waals surface area contributed by atoms with Crippen LogP contribution >= 0.6 is 11.6 Å². The van der Waals surface area contributed by atoms with Crippen LogP contribution in [-0.2, 0) is 0 Å². The highest BCUT2D eigenvalue weighted by atomic mass is 35.5. The smallest absolute Gasteiger partial charge is 0.123 e. The second kappa shape index (κ2) is 7.52. The molecule has 3 N–H and O–H groups in total. The van der Waals surface area contributed by atoms with Gasteiger partial charge in [-0.2, -0.15) is 0 Å². The first-order chi connectivity index (χ1) is 10.1. The van der Waals surface area contributed by atoms with E-state index in [1.807, 2.05) is 6.07 Å². The molecule has 2 aromatic rings. The third kappa shape index (κ3) is 4.25. The van der Waals surface area contributed by atoms with Crippen LogP contribution in [0, 0.1) is 5.82 Å². The number of hydrogen-bond acceptors (Lipinski definition) is 3. The van der Waals surface area contributed by atoms with Gasteiger partial charge in [0.15, 0.2) is 0 Å². The van der Waals surface area contributed by atoms with Gasteiger partial charge in [-0.3, -0.25) is 5.32 Å². The van der Waals surface area contributed by atoms with Crippen molar-refractivity contribution in [2.24, 2.45) is 0 Å². The third-order valence-electron chi connectivity index (χ3n) is 3.21. The van der Waals surface area contributed by atoms with E-state index >= 15 is 0 Å². The first-order valence-corrected chi connectivity index (χ1v) is 7.00. The SMILES string of the molecule is OCC(CO)N[C@@H](c1cccc(F)c1)c1cccc(Cl)c1. The molecule has 1 atom stereocenters. The van der Waals surface area contributed by atoms with E-state index in [1.54, 1.807) is 30.3 Å². The van der Waals surface area contributed by atoms with Crippen LogP contribution in [0.5, 0.6) is 0 Å². The first-order valence-electron chi connectivity index (χ1n) is 6.62. The Morgan fingerprint density at radius 2 is 1.62 bits per heavy atom. The maximum absolute atomic E-state index is 13.5. The van der Waals surface area contributed by atoms with Crippen molar-refractivity contribution in [2.75, 3.05) is 13.2 Å². The van der Waals surface area contributed by atoms with E-state index in [4.69, 9.17) is 11.6 Å². The molecule has 2 rings (SSSR count). The Morgan fingerprint density at radius 1 is 1.00 bits per heavy atom. The lowest BCUT2D eigenvalue weighted by Crippen LogP contribution is -2.39. The monoisotopic (exact) mass is 309 g/mol. The van der Waals surface area contributed by atoms with E-state index in [2.05, 4.69) is 5.32 Å². The molecule has 0 bridgehead atoms. The average molecular weight is 310 g/mol. The Labute approximate surface area is 128 Å². The van der Waals surface area contributed by atoms with Crippen molar-refractivity contribution in [2.45, 2.75) is 12.1 Å². The molecule has 0 fully saturated rings. The Balaban J connectivity index is 2.38. The van der Waals surface area contributed by atoms with E-state index in [0.29, 0.717) is 10.6 Å². The molecule has 0 amide bonds. The van der Waals surface area contributed by atoms with Gasteiger partial charge in [0, 0.05) is 5.02 Å². The number of nitrogens with one attached hydrogen (secondary N) is 1. The number of halogens is 2. The van der Waals surface area contributed by atoms with Crippen molar-refractivity contribution in [3.63, 3.8) is 0 Å². The summed E-state index contributed by atoms with van der Waals surface area (Å²) in [5.41, 5.74) is 1.53. The highest BCUT2D eigenvalue weighted by Crippen LogP contribution is 2.25. The summed E-state index contributed by atoms with van der Waals surface area (Å²) >= 11 is 6.01. The lowest BCUT2D eigenvalue weighted by molar-refractivity contribution is 0.165. The van der Waals surface area contributed by atoms with Crippen molar-refractivity contribution >= 4 is 11.6 Å². The molecule has 0 spiro atoms. The van der Waals surface area contributed by atoms with Crippen molar-refractivity contribution in [3.05, 3.63) is 70.5 Å². The van der Waals surface area contributed by atoms with Gasteiger partial charge in [0.1, 0.15) is 5.82 Å². The van der Waals surface area contributed by atoms with Crippen molar-refractivity contribution in [3.8, 4) is 0 Å². The van der Waals surface area contributed by atoms with Crippen LogP contribution in [0.25, 0.3) is 0 Å². The minimum absolute atomic E-state index is 0.219. The van der Waals surface area contributed by atoms with Gasteiger partial charge in [-0.05, 0) is 35.4 Å². The van der Waals surface area contributed by atoms with Gasteiger partial charge in [-0.1, -0.05) is 35.9 Å². The zero-order valence-electron chi connectivity index (χ0n) is 11.3. The molecule has 0 saturated heterocycles. The van der Waals surface area contributed by atoms with Crippen molar-refractivity contribution in [1.82, 2.24) is 5.32 Å².